The number of anilines is 2. The highest BCUT2D eigenvalue weighted by Crippen LogP contribution is 2.32. The lowest BCUT2D eigenvalue weighted by Gasteiger charge is -2.23. The van der Waals surface area contributed by atoms with Crippen LogP contribution in [0.2, 0.25) is 0 Å². The molecule has 2 aromatic heterocycles. The van der Waals surface area contributed by atoms with Gasteiger partial charge in [-0.1, -0.05) is 24.3 Å². The van der Waals surface area contributed by atoms with Gasteiger partial charge in [0.2, 0.25) is 5.95 Å². The van der Waals surface area contributed by atoms with E-state index in [4.69, 9.17) is 15.8 Å². The Morgan fingerprint density at radius 2 is 1.97 bits per heavy atom. The van der Waals surface area contributed by atoms with Crippen molar-refractivity contribution in [3.05, 3.63) is 77.5 Å². The molecule has 1 aliphatic rings. The second-order valence-corrected chi connectivity index (χ2v) is 7.85. The van der Waals surface area contributed by atoms with Crippen molar-refractivity contribution in [3.8, 4) is 17.2 Å². The molecule has 33 heavy (non-hydrogen) atoms. The number of nitriles is 1. The van der Waals surface area contributed by atoms with Crippen LogP contribution in [0, 0.1) is 18.3 Å². The Kier molecular flexibility index (Phi) is 5.12. The van der Waals surface area contributed by atoms with E-state index in [1.807, 2.05) is 49.4 Å². The molecule has 2 amide bonds. The quantitative estimate of drug-likeness (QED) is 0.496. The zero-order valence-electron chi connectivity index (χ0n) is 17.9. The van der Waals surface area contributed by atoms with Gasteiger partial charge in [0.15, 0.2) is 5.65 Å². The number of hydroxylamine groups is 2. The largest absolute Gasteiger partial charge is 0.366 e. The minimum absolute atomic E-state index is 0.214. The Balaban J connectivity index is 1.38. The van der Waals surface area contributed by atoms with E-state index in [-0.39, 0.29) is 18.0 Å². The third-order valence-electron chi connectivity index (χ3n) is 5.70. The average molecular weight is 439 g/mol. The summed E-state index contributed by atoms with van der Waals surface area (Å²) < 4.78 is 1.61. The van der Waals surface area contributed by atoms with E-state index in [1.54, 1.807) is 22.8 Å². The number of amides is 2. The summed E-state index contributed by atoms with van der Waals surface area (Å²) in [5.41, 5.74) is 11.3. The number of nitrogens with one attached hydrogen (secondary N) is 1. The maximum atomic E-state index is 13.1. The molecule has 0 radical (unpaired) electrons. The Morgan fingerprint density at radius 3 is 2.76 bits per heavy atom. The zero-order valence-corrected chi connectivity index (χ0v) is 17.9. The molecular formula is C24H21N7O2. The number of carbonyl (C=O) groups is 1. The van der Waals surface area contributed by atoms with Crippen molar-refractivity contribution in [2.24, 2.45) is 0 Å². The van der Waals surface area contributed by atoms with Gasteiger partial charge in [0.25, 0.3) is 0 Å². The molecule has 0 spiro atoms. The van der Waals surface area contributed by atoms with Crippen LogP contribution in [0.25, 0.3) is 16.8 Å². The Morgan fingerprint density at radius 1 is 1.18 bits per heavy atom. The number of benzene rings is 2. The van der Waals surface area contributed by atoms with Crippen molar-refractivity contribution < 1.29 is 9.63 Å². The Bertz CT molecular complexity index is 1390. The van der Waals surface area contributed by atoms with Crippen LogP contribution in [0.4, 0.5) is 16.4 Å². The van der Waals surface area contributed by atoms with Crippen LogP contribution >= 0.6 is 0 Å². The second kappa shape index (κ2) is 8.26. The fourth-order valence-corrected chi connectivity index (χ4v) is 3.94. The van der Waals surface area contributed by atoms with E-state index in [0.29, 0.717) is 29.9 Å². The lowest BCUT2D eigenvalue weighted by atomic mass is 10.0. The normalized spacial score (nSPS) is 15.5. The van der Waals surface area contributed by atoms with Crippen LogP contribution in [0.3, 0.4) is 0 Å². The fraction of sp³-hybridized carbons (Fsp3) is 0.167. The van der Waals surface area contributed by atoms with Gasteiger partial charge in [-0.3, -0.25) is 4.84 Å². The number of aryl methyl sites for hydroxylation is 1. The molecule has 164 valence electrons. The van der Waals surface area contributed by atoms with Gasteiger partial charge in [-0.2, -0.15) is 15.3 Å². The molecule has 9 nitrogen and oxygen atoms in total. The van der Waals surface area contributed by atoms with Crippen LogP contribution < -0.4 is 11.1 Å². The van der Waals surface area contributed by atoms with Gasteiger partial charge in [0, 0.05) is 18.3 Å². The number of nitrogens with two attached hydrogens (primary N) is 1. The van der Waals surface area contributed by atoms with Gasteiger partial charge < -0.3 is 11.1 Å². The van der Waals surface area contributed by atoms with Gasteiger partial charge in [-0.05, 0) is 59.5 Å². The van der Waals surface area contributed by atoms with E-state index in [9.17, 15) is 4.79 Å². The van der Waals surface area contributed by atoms with Gasteiger partial charge in [-0.25, -0.2) is 9.31 Å². The van der Waals surface area contributed by atoms with E-state index in [1.165, 1.54) is 5.06 Å². The predicted octanol–water partition coefficient (Wildman–Crippen LogP) is 4.07. The minimum atomic E-state index is -0.345. The molecule has 0 bridgehead atoms. The average Bonchev–Trinajstić information content (AvgIpc) is 3.46. The first kappa shape index (κ1) is 20.5. The standard InChI is InChI=1S/C24H21N7O2/c1-15-2-5-18(19-8-10-30-22(13-19)28-23(26)29-30)12-20(15)27-24(32)31-21(9-11-33-31)17-6-3-16(14-25)4-7-17/h2-8,10,12-13,21H,9,11H2,1H3,(H2,26,29)(H,27,32)/t21-/m0/s1. The molecule has 1 saturated heterocycles. The number of nitrogen functional groups attached to an aromatic ring is 1. The lowest BCUT2D eigenvalue weighted by Crippen LogP contribution is -2.33. The van der Waals surface area contributed by atoms with Gasteiger partial charge in [0.1, 0.15) is 0 Å². The molecule has 0 unspecified atom stereocenters. The molecule has 0 saturated carbocycles. The first-order valence-electron chi connectivity index (χ1n) is 10.5. The first-order valence-corrected chi connectivity index (χ1v) is 10.5. The lowest BCUT2D eigenvalue weighted by molar-refractivity contribution is -0.0829. The summed E-state index contributed by atoms with van der Waals surface area (Å²) in [6.45, 7) is 2.38. The molecular weight excluding hydrogens is 418 g/mol. The van der Waals surface area contributed by atoms with Crippen molar-refractivity contribution in [1.29, 1.82) is 5.26 Å². The number of rotatable bonds is 3. The highest BCUT2D eigenvalue weighted by molar-refractivity contribution is 5.91. The highest BCUT2D eigenvalue weighted by Gasteiger charge is 2.32. The molecule has 2 aromatic carbocycles. The van der Waals surface area contributed by atoms with Crippen LogP contribution in [-0.4, -0.2) is 32.3 Å². The van der Waals surface area contributed by atoms with Crippen molar-refractivity contribution in [3.63, 3.8) is 0 Å². The Hall–Kier alpha value is -4.42. The number of carbonyl (C=O) groups excluding carboxylic acids is 1. The third kappa shape index (κ3) is 3.95. The van der Waals surface area contributed by atoms with Crippen molar-refractivity contribution in [2.75, 3.05) is 17.7 Å². The number of hydrogen-bond donors (Lipinski definition) is 2. The maximum Gasteiger partial charge on any atom is 0.346 e. The number of pyridine rings is 1. The summed E-state index contributed by atoms with van der Waals surface area (Å²) in [6, 6.07) is 18.4. The summed E-state index contributed by atoms with van der Waals surface area (Å²) in [5, 5.41) is 17.5. The summed E-state index contributed by atoms with van der Waals surface area (Å²) in [5.74, 6) is 0.214. The molecule has 1 aliphatic heterocycles. The third-order valence-corrected chi connectivity index (χ3v) is 5.70. The van der Waals surface area contributed by atoms with Crippen LogP contribution in [0.5, 0.6) is 0 Å². The fourth-order valence-electron chi connectivity index (χ4n) is 3.94. The van der Waals surface area contributed by atoms with Crippen molar-refractivity contribution in [1.82, 2.24) is 19.7 Å². The topological polar surface area (TPSA) is 122 Å². The molecule has 3 N–H and O–H groups in total. The molecule has 9 heteroatoms. The van der Waals surface area contributed by atoms with Crippen LogP contribution in [0.1, 0.15) is 29.2 Å². The van der Waals surface area contributed by atoms with Gasteiger partial charge in [-0.15, -0.1) is 5.10 Å². The smallest absolute Gasteiger partial charge is 0.346 e. The Labute approximate surface area is 190 Å². The molecule has 0 aliphatic carbocycles. The summed E-state index contributed by atoms with van der Waals surface area (Å²) in [6.07, 6.45) is 2.48. The number of urea groups is 1. The maximum absolute atomic E-state index is 13.1. The molecule has 3 heterocycles. The molecule has 1 atom stereocenters. The van der Waals surface area contributed by atoms with Crippen molar-refractivity contribution in [2.45, 2.75) is 19.4 Å². The van der Waals surface area contributed by atoms with Gasteiger partial charge >= 0.3 is 6.03 Å². The summed E-state index contributed by atoms with van der Waals surface area (Å²) >= 11 is 0. The number of hydrogen-bond acceptors (Lipinski definition) is 6. The van der Waals surface area contributed by atoms with E-state index in [0.717, 1.165) is 22.3 Å². The molecule has 4 aromatic rings. The van der Waals surface area contributed by atoms with Crippen LogP contribution in [-0.2, 0) is 4.84 Å². The number of fused-ring (bicyclic) bond motifs is 1. The monoisotopic (exact) mass is 439 g/mol. The van der Waals surface area contributed by atoms with E-state index < -0.39 is 0 Å². The number of aromatic nitrogens is 3. The predicted molar refractivity (Wildman–Crippen MR) is 123 cm³/mol. The zero-order chi connectivity index (χ0) is 22.9. The second-order valence-electron chi connectivity index (χ2n) is 7.85. The SMILES string of the molecule is Cc1ccc(-c2ccn3nc(N)nc3c2)cc1NC(=O)N1OCC[C@H]1c1ccc(C#N)cc1. The van der Waals surface area contributed by atoms with Crippen LogP contribution in [0.15, 0.2) is 60.8 Å². The van der Waals surface area contributed by atoms with Crippen molar-refractivity contribution >= 4 is 23.3 Å². The summed E-state index contributed by atoms with van der Waals surface area (Å²) in [4.78, 5) is 23.0. The van der Waals surface area contributed by atoms with E-state index in [2.05, 4.69) is 21.5 Å². The highest BCUT2D eigenvalue weighted by atomic mass is 16.7. The molecule has 1 fully saturated rings. The van der Waals surface area contributed by atoms with Gasteiger partial charge in [0.05, 0.1) is 24.3 Å². The van der Waals surface area contributed by atoms with E-state index >= 15 is 0 Å². The number of nitrogens with zero attached hydrogens (tertiary/aromatic N) is 5. The minimum Gasteiger partial charge on any atom is -0.366 e. The summed E-state index contributed by atoms with van der Waals surface area (Å²) in [7, 11) is 0. The first-order chi connectivity index (χ1) is 16.0. The molecule has 5 rings (SSSR count).